The second-order valence-corrected chi connectivity index (χ2v) is 7.75. The summed E-state index contributed by atoms with van der Waals surface area (Å²) in [6.07, 6.45) is 1.74. The van der Waals surface area contributed by atoms with Gasteiger partial charge in [-0.15, -0.1) is 0 Å². The molecule has 0 bridgehead atoms. The molecule has 0 spiro atoms. The van der Waals surface area contributed by atoms with Crippen LogP contribution in [0, 0.1) is 13.8 Å². The minimum Gasteiger partial charge on any atom is -0.324 e. The molecule has 0 saturated heterocycles. The van der Waals surface area contributed by atoms with Gasteiger partial charge < -0.3 is 5.32 Å². The molecule has 0 radical (unpaired) electrons. The maximum Gasteiger partial charge on any atom is 0.246 e. The number of carbonyl (C=O) groups excluding carboxylic acids is 1. The first-order valence-corrected chi connectivity index (χ1v) is 9.81. The summed E-state index contributed by atoms with van der Waals surface area (Å²) in [6.45, 7) is 4.01. The molecular formula is C22H18Cl2N4O. The van der Waals surface area contributed by atoms with Crippen LogP contribution in [0.4, 0.5) is 5.69 Å². The molecule has 1 N–H and O–H groups in total. The molecule has 4 aromatic rings. The maximum atomic E-state index is 12.6. The number of benzene rings is 2. The predicted molar refractivity (Wildman–Crippen MR) is 118 cm³/mol. The number of fused-ring (bicyclic) bond motifs is 1. The molecule has 7 heteroatoms. The molecule has 0 aliphatic heterocycles. The van der Waals surface area contributed by atoms with Crippen molar-refractivity contribution in [2.24, 2.45) is 0 Å². The Balaban J connectivity index is 1.65. The molecule has 2 heterocycles. The van der Waals surface area contributed by atoms with Crippen LogP contribution in [0.3, 0.4) is 0 Å². The van der Waals surface area contributed by atoms with Gasteiger partial charge in [0.1, 0.15) is 6.54 Å². The molecule has 0 unspecified atom stereocenters. The van der Waals surface area contributed by atoms with Crippen molar-refractivity contribution in [3.8, 4) is 11.1 Å². The zero-order valence-corrected chi connectivity index (χ0v) is 17.4. The summed E-state index contributed by atoms with van der Waals surface area (Å²) < 4.78 is 1.61. The molecule has 0 atom stereocenters. The number of nitrogens with zero attached hydrogens (tertiary/aromatic N) is 3. The molecule has 0 aliphatic rings. The monoisotopic (exact) mass is 424 g/mol. The van der Waals surface area contributed by atoms with Gasteiger partial charge in [-0.3, -0.25) is 4.79 Å². The number of nitrogens with one attached hydrogen (secondary N) is 1. The Labute approximate surface area is 178 Å². The van der Waals surface area contributed by atoms with Crippen LogP contribution in [0.25, 0.3) is 22.2 Å². The van der Waals surface area contributed by atoms with E-state index in [-0.39, 0.29) is 12.5 Å². The van der Waals surface area contributed by atoms with Gasteiger partial charge in [0.25, 0.3) is 0 Å². The fourth-order valence-corrected chi connectivity index (χ4v) is 3.85. The molecule has 29 heavy (non-hydrogen) atoms. The lowest BCUT2D eigenvalue weighted by Gasteiger charge is -2.08. The van der Waals surface area contributed by atoms with Crippen molar-refractivity contribution in [3.63, 3.8) is 0 Å². The molecule has 0 fully saturated rings. The number of halogens is 2. The zero-order valence-electron chi connectivity index (χ0n) is 15.9. The molecule has 0 saturated carbocycles. The van der Waals surface area contributed by atoms with Gasteiger partial charge in [-0.2, -0.15) is 5.10 Å². The van der Waals surface area contributed by atoms with Crippen LogP contribution in [-0.4, -0.2) is 20.7 Å². The smallest absolute Gasteiger partial charge is 0.246 e. The summed E-state index contributed by atoms with van der Waals surface area (Å²) in [7, 11) is 0. The summed E-state index contributed by atoms with van der Waals surface area (Å²) in [5, 5.41) is 9.21. The Hall–Kier alpha value is -2.89. The van der Waals surface area contributed by atoms with E-state index in [1.54, 1.807) is 29.1 Å². The lowest BCUT2D eigenvalue weighted by Crippen LogP contribution is -2.19. The van der Waals surface area contributed by atoms with Gasteiger partial charge in [0, 0.05) is 27.3 Å². The Morgan fingerprint density at radius 1 is 1.03 bits per heavy atom. The Morgan fingerprint density at radius 2 is 1.72 bits per heavy atom. The van der Waals surface area contributed by atoms with Gasteiger partial charge in [0.15, 0.2) is 5.65 Å². The van der Waals surface area contributed by atoms with E-state index in [2.05, 4.69) is 46.6 Å². The van der Waals surface area contributed by atoms with E-state index >= 15 is 0 Å². The topological polar surface area (TPSA) is 59.8 Å². The summed E-state index contributed by atoms with van der Waals surface area (Å²) in [6, 6.07) is 15.2. The fourth-order valence-electron chi connectivity index (χ4n) is 3.33. The second-order valence-electron chi connectivity index (χ2n) is 6.87. The Morgan fingerprint density at radius 3 is 2.41 bits per heavy atom. The quantitative estimate of drug-likeness (QED) is 0.459. The first-order chi connectivity index (χ1) is 13.9. The Kier molecular flexibility index (Phi) is 5.26. The lowest BCUT2D eigenvalue weighted by atomic mass is 10.0. The molecule has 4 rings (SSSR count). The molecule has 2 aromatic heterocycles. The lowest BCUT2D eigenvalue weighted by molar-refractivity contribution is -0.116. The van der Waals surface area contributed by atoms with E-state index < -0.39 is 0 Å². The van der Waals surface area contributed by atoms with Crippen LogP contribution in [0.5, 0.6) is 0 Å². The number of aryl methyl sites for hydroxylation is 2. The number of amides is 1. The molecule has 1 amide bonds. The van der Waals surface area contributed by atoms with Crippen LogP contribution in [0.2, 0.25) is 10.0 Å². The number of hydrogen-bond acceptors (Lipinski definition) is 3. The van der Waals surface area contributed by atoms with E-state index in [0.29, 0.717) is 21.4 Å². The first kappa shape index (κ1) is 19.4. The van der Waals surface area contributed by atoms with Crippen molar-refractivity contribution in [1.82, 2.24) is 14.8 Å². The van der Waals surface area contributed by atoms with E-state index in [4.69, 9.17) is 23.2 Å². The summed E-state index contributed by atoms with van der Waals surface area (Å²) in [5.41, 5.74) is 5.35. The highest BCUT2D eigenvalue weighted by Gasteiger charge is 2.16. The average molecular weight is 425 g/mol. The van der Waals surface area contributed by atoms with Crippen LogP contribution in [0.1, 0.15) is 11.3 Å². The zero-order chi connectivity index (χ0) is 20.5. The van der Waals surface area contributed by atoms with Gasteiger partial charge in [-0.25, -0.2) is 9.67 Å². The number of carbonyl (C=O) groups is 1. The number of pyridine rings is 1. The number of hydrogen-bond donors (Lipinski definition) is 1. The highest BCUT2D eigenvalue weighted by molar-refractivity contribution is 6.35. The van der Waals surface area contributed by atoms with E-state index in [1.165, 1.54) is 5.56 Å². The second kappa shape index (κ2) is 7.85. The van der Waals surface area contributed by atoms with Crippen molar-refractivity contribution < 1.29 is 4.79 Å². The van der Waals surface area contributed by atoms with E-state index in [0.717, 1.165) is 22.2 Å². The summed E-state index contributed by atoms with van der Waals surface area (Å²) in [5.74, 6) is -0.240. The van der Waals surface area contributed by atoms with E-state index in [1.807, 2.05) is 13.0 Å². The van der Waals surface area contributed by atoms with Crippen molar-refractivity contribution in [1.29, 1.82) is 0 Å². The third kappa shape index (κ3) is 4.11. The minimum absolute atomic E-state index is 0.0266. The highest BCUT2D eigenvalue weighted by Crippen LogP contribution is 2.30. The maximum absolute atomic E-state index is 12.6. The average Bonchev–Trinajstić information content (AvgIpc) is 2.97. The van der Waals surface area contributed by atoms with Crippen molar-refractivity contribution in [3.05, 3.63) is 76.0 Å². The molecule has 2 aromatic carbocycles. The van der Waals surface area contributed by atoms with Gasteiger partial charge in [0.05, 0.1) is 5.69 Å². The number of aromatic nitrogens is 3. The van der Waals surface area contributed by atoms with Gasteiger partial charge in [-0.1, -0.05) is 53.0 Å². The van der Waals surface area contributed by atoms with E-state index in [9.17, 15) is 4.79 Å². The van der Waals surface area contributed by atoms with Crippen molar-refractivity contribution in [2.45, 2.75) is 20.4 Å². The molecule has 0 aliphatic carbocycles. The molecule has 5 nitrogen and oxygen atoms in total. The highest BCUT2D eigenvalue weighted by atomic mass is 35.5. The molecular weight excluding hydrogens is 407 g/mol. The van der Waals surface area contributed by atoms with Gasteiger partial charge >= 0.3 is 0 Å². The SMILES string of the molecule is Cc1ccc(-c2ccnc3c2c(C)nn3CC(=O)Nc2cc(Cl)cc(Cl)c2)cc1. The predicted octanol–water partition coefficient (Wildman–Crippen LogP) is 5.66. The van der Waals surface area contributed by atoms with Crippen LogP contribution in [0.15, 0.2) is 54.7 Å². The number of rotatable bonds is 4. The summed E-state index contributed by atoms with van der Waals surface area (Å²) in [4.78, 5) is 17.0. The van der Waals surface area contributed by atoms with Crippen LogP contribution in [-0.2, 0) is 11.3 Å². The van der Waals surface area contributed by atoms with Crippen molar-refractivity contribution >= 4 is 45.8 Å². The van der Waals surface area contributed by atoms with Gasteiger partial charge in [0.2, 0.25) is 5.91 Å². The first-order valence-electron chi connectivity index (χ1n) is 9.06. The minimum atomic E-state index is -0.240. The Bertz CT molecular complexity index is 1200. The van der Waals surface area contributed by atoms with Crippen molar-refractivity contribution in [2.75, 3.05) is 5.32 Å². The third-order valence-corrected chi connectivity index (χ3v) is 5.05. The van der Waals surface area contributed by atoms with Gasteiger partial charge in [-0.05, 0) is 49.2 Å². The third-order valence-electron chi connectivity index (χ3n) is 4.61. The normalized spacial score (nSPS) is 11.0. The van der Waals surface area contributed by atoms with Crippen LogP contribution < -0.4 is 5.32 Å². The largest absolute Gasteiger partial charge is 0.324 e. The summed E-state index contributed by atoms with van der Waals surface area (Å²) >= 11 is 12.0. The van der Waals surface area contributed by atoms with Crippen LogP contribution >= 0.6 is 23.2 Å². The number of anilines is 1. The fraction of sp³-hybridized carbons (Fsp3) is 0.136. The molecule has 146 valence electrons. The standard InChI is InChI=1S/C22H18Cl2N4O/c1-13-3-5-15(6-4-13)19-7-8-25-22-21(19)14(2)27-28(22)12-20(29)26-18-10-16(23)9-17(24)11-18/h3-11H,12H2,1-2H3,(H,26,29).